The topological polar surface area (TPSA) is 101 Å². The van der Waals surface area contributed by atoms with Crippen molar-refractivity contribution >= 4 is 45.1 Å². The average Bonchev–Trinajstić information content (AvgIpc) is 3.25. The van der Waals surface area contributed by atoms with Crippen LogP contribution in [0.25, 0.3) is 10.2 Å². The second-order valence-corrected chi connectivity index (χ2v) is 10.7. The van der Waals surface area contributed by atoms with E-state index in [2.05, 4.69) is 34.3 Å². The Labute approximate surface area is 184 Å². The van der Waals surface area contributed by atoms with Gasteiger partial charge in [0.05, 0.1) is 16.8 Å². The van der Waals surface area contributed by atoms with E-state index in [0.717, 1.165) is 33.8 Å². The number of aromatic amines is 1. The molecule has 0 aromatic carbocycles. The van der Waals surface area contributed by atoms with Crippen molar-refractivity contribution in [2.24, 2.45) is 5.92 Å². The zero-order chi connectivity index (χ0) is 22.1. The Morgan fingerprint density at radius 1 is 1.40 bits per heavy atom. The lowest BCUT2D eigenvalue weighted by molar-refractivity contribution is -0.113. The van der Waals surface area contributed by atoms with Gasteiger partial charge in [0.25, 0.3) is 5.56 Å². The molecule has 0 saturated heterocycles. The SMILES string of the molecule is CCC(C)Cc1c(C)sc2nc(SCC(=O)Nc3cc(C(C)(C)C)no3)[nH]c(=O)c12. The molecule has 0 aliphatic heterocycles. The highest BCUT2D eigenvalue weighted by Crippen LogP contribution is 2.30. The molecule has 0 bridgehead atoms. The van der Waals surface area contributed by atoms with Gasteiger partial charge in [0, 0.05) is 16.4 Å². The Morgan fingerprint density at radius 3 is 2.77 bits per heavy atom. The summed E-state index contributed by atoms with van der Waals surface area (Å²) in [6.07, 6.45) is 1.93. The smallest absolute Gasteiger partial charge is 0.260 e. The summed E-state index contributed by atoms with van der Waals surface area (Å²) in [7, 11) is 0. The second-order valence-electron chi connectivity index (χ2n) is 8.57. The molecule has 0 radical (unpaired) electrons. The molecule has 162 valence electrons. The van der Waals surface area contributed by atoms with Crippen LogP contribution >= 0.6 is 23.1 Å². The minimum Gasteiger partial charge on any atom is -0.338 e. The van der Waals surface area contributed by atoms with Crippen LogP contribution in [0.4, 0.5) is 5.88 Å². The van der Waals surface area contributed by atoms with Gasteiger partial charge in [-0.05, 0) is 24.8 Å². The maximum atomic E-state index is 12.7. The summed E-state index contributed by atoms with van der Waals surface area (Å²) in [4.78, 5) is 34.2. The van der Waals surface area contributed by atoms with Gasteiger partial charge in [0.1, 0.15) is 4.83 Å². The lowest BCUT2D eigenvalue weighted by atomic mass is 9.92. The molecule has 3 aromatic heterocycles. The molecular formula is C21H28N4O3S2. The molecule has 3 heterocycles. The Hall–Kier alpha value is -2.13. The third-order valence-electron chi connectivity index (χ3n) is 4.97. The van der Waals surface area contributed by atoms with E-state index < -0.39 is 0 Å². The summed E-state index contributed by atoms with van der Waals surface area (Å²) < 4.78 is 5.18. The summed E-state index contributed by atoms with van der Waals surface area (Å²) in [6.45, 7) is 12.4. The Balaban J connectivity index is 1.70. The number of thiophene rings is 1. The molecule has 1 atom stereocenters. The van der Waals surface area contributed by atoms with Crippen LogP contribution in [0.15, 0.2) is 20.5 Å². The minimum atomic E-state index is -0.251. The number of rotatable bonds is 7. The number of nitrogens with one attached hydrogen (secondary N) is 2. The monoisotopic (exact) mass is 448 g/mol. The van der Waals surface area contributed by atoms with Crippen molar-refractivity contribution in [2.45, 2.75) is 65.0 Å². The maximum Gasteiger partial charge on any atom is 0.260 e. The standard InChI is InChI=1S/C21H28N4O3S2/c1-7-11(2)8-13-12(3)30-19-17(13)18(27)23-20(24-19)29-10-15(26)22-16-9-14(25-28-16)21(4,5)6/h9,11H,7-8,10H2,1-6H3,(H,22,26)(H,23,24,27). The quantitative estimate of drug-likeness (QED) is 0.394. The average molecular weight is 449 g/mol. The number of carbonyl (C=O) groups is 1. The number of carbonyl (C=O) groups excluding carboxylic acids is 1. The molecule has 7 nitrogen and oxygen atoms in total. The van der Waals surface area contributed by atoms with E-state index >= 15 is 0 Å². The number of nitrogens with zero attached hydrogens (tertiary/aromatic N) is 2. The number of H-pyrrole nitrogens is 1. The number of anilines is 1. The van der Waals surface area contributed by atoms with Crippen molar-refractivity contribution in [3.05, 3.63) is 32.6 Å². The highest BCUT2D eigenvalue weighted by molar-refractivity contribution is 7.99. The van der Waals surface area contributed by atoms with Crippen molar-refractivity contribution in [3.63, 3.8) is 0 Å². The normalized spacial score (nSPS) is 13.0. The van der Waals surface area contributed by atoms with E-state index in [-0.39, 0.29) is 22.6 Å². The van der Waals surface area contributed by atoms with Gasteiger partial charge in [-0.1, -0.05) is 58.0 Å². The fraction of sp³-hybridized carbons (Fsp3) is 0.524. The summed E-state index contributed by atoms with van der Waals surface area (Å²) in [5.41, 5.74) is 1.55. The molecule has 0 fully saturated rings. The van der Waals surface area contributed by atoms with Crippen LogP contribution in [-0.4, -0.2) is 26.8 Å². The van der Waals surface area contributed by atoms with Crippen LogP contribution in [-0.2, 0) is 16.6 Å². The molecule has 9 heteroatoms. The minimum absolute atomic E-state index is 0.101. The predicted octanol–water partition coefficient (Wildman–Crippen LogP) is 4.90. The number of fused-ring (bicyclic) bond motifs is 1. The highest BCUT2D eigenvalue weighted by atomic mass is 32.2. The Morgan fingerprint density at radius 2 is 2.13 bits per heavy atom. The molecule has 3 rings (SSSR count). The molecule has 0 aliphatic carbocycles. The van der Waals surface area contributed by atoms with Gasteiger partial charge in [-0.15, -0.1) is 11.3 Å². The maximum absolute atomic E-state index is 12.7. The van der Waals surface area contributed by atoms with Gasteiger partial charge in [-0.2, -0.15) is 0 Å². The molecule has 3 aromatic rings. The first-order chi connectivity index (χ1) is 14.1. The molecule has 0 spiro atoms. The fourth-order valence-electron chi connectivity index (χ4n) is 2.96. The van der Waals surface area contributed by atoms with Gasteiger partial charge in [0.15, 0.2) is 5.16 Å². The van der Waals surface area contributed by atoms with Gasteiger partial charge in [-0.3, -0.25) is 14.9 Å². The largest absolute Gasteiger partial charge is 0.338 e. The molecule has 1 amide bonds. The van der Waals surface area contributed by atoms with Crippen LogP contribution < -0.4 is 10.9 Å². The molecule has 0 saturated carbocycles. The summed E-state index contributed by atoms with van der Waals surface area (Å²) in [5, 5.41) is 7.80. The van der Waals surface area contributed by atoms with Crippen molar-refractivity contribution in [3.8, 4) is 0 Å². The molecule has 1 unspecified atom stereocenters. The van der Waals surface area contributed by atoms with Crippen LogP contribution in [0, 0.1) is 12.8 Å². The molecule has 2 N–H and O–H groups in total. The van der Waals surface area contributed by atoms with E-state index in [1.807, 2.05) is 27.7 Å². The van der Waals surface area contributed by atoms with Crippen LogP contribution in [0.3, 0.4) is 0 Å². The lowest BCUT2D eigenvalue weighted by Crippen LogP contribution is -2.15. The summed E-state index contributed by atoms with van der Waals surface area (Å²) in [5.74, 6) is 0.670. The van der Waals surface area contributed by atoms with E-state index in [4.69, 9.17) is 4.52 Å². The van der Waals surface area contributed by atoms with E-state index in [0.29, 0.717) is 22.3 Å². The molecular weight excluding hydrogens is 420 g/mol. The van der Waals surface area contributed by atoms with Crippen molar-refractivity contribution < 1.29 is 9.32 Å². The predicted molar refractivity (Wildman–Crippen MR) is 123 cm³/mol. The number of thioether (sulfide) groups is 1. The number of hydrogen-bond acceptors (Lipinski definition) is 7. The van der Waals surface area contributed by atoms with Gasteiger partial charge in [0.2, 0.25) is 11.8 Å². The van der Waals surface area contributed by atoms with Gasteiger partial charge in [-0.25, -0.2) is 4.98 Å². The first-order valence-corrected chi connectivity index (χ1v) is 11.8. The number of hydrogen-bond donors (Lipinski definition) is 2. The lowest BCUT2D eigenvalue weighted by Gasteiger charge is -2.12. The van der Waals surface area contributed by atoms with E-state index in [1.165, 1.54) is 23.1 Å². The third-order valence-corrected chi connectivity index (χ3v) is 6.89. The zero-order valence-electron chi connectivity index (χ0n) is 18.2. The van der Waals surface area contributed by atoms with Crippen LogP contribution in [0.1, 0.15) is 57.2 Å². The number of aromatic nitrogens is 3. The van der Waals surface area contributed by atoms with Crippen LogP contribution in [0.2, 0.25) is 0 Å². The van der Waals surface area contributed by atoms with Gasteiger partial charge < -0.3 is 9.51 Å². The molecule has 30 heavy (non-hydrogen) atoms. The molecule has 0 aliphatic rings. The Kier molecular flexibility index (Phi) is 6.71. The van der Waals surface area contributed by atoms with Gasteiger partial charge >= 0.3 is 0 Å². The first kappa shape index (κ1) is 22.6. The Bertz CT molecular complexity index is 1110. The first-order valence-electron chi connectivity index (χ1n) is 10.0. The van der Waals surface area contributed by atoms with E-state index in [9.17, 15) is 9.59 Å². The van der Waals surface area contributed by atoms with Crippen molar-refractivity contribution in [1.29, 1.82) is 0 Å². The number of aryl methyl sites for hydroxylation is 1. The summed E-state index contributed by atoms with van der Waals surface area (Å²) >= 11 is 2.72. The van der Waals surface area contributed by atoms with E-state index in [1.54, 1.807) is 6.07 Å². The van der Waals surface area contributed by atoms with Crippen LogP contribution in [0.5, 0.6) is 0 Å². The zero-order valence-corrected chi connectivity index (χ0v) is 19.8. The fourth-order valence-corrected chi connectivity index (χ4v) is 4.73. The third kappa shape index (κ3) is 5.13. The van der Waals surface area contributed by atoms with Crippen molar-refractivity contribution in [1.82, 2.24) is 15.1 Å². The second kappa shape index (κ2) is 8.93. The summed E-state index contributed by atoms with van der Waals surface area (Å²) in [6, 6.07) is 1.72. The number of amides is 1. The highest BCUT2D eigenvalue weighted by Gasteiger charge is 2.20. The van der Waals surface area contributed by atoms with Crippen molar-refractivity contribution in [2.75, 3.05) is 11.1 Å².